The van der Waals surface area contributed by atoms with Crippen molar-refractivity contribution in [2.24, 2.45) is 0 Å². The largest absolute Gasteiger partial charge is 0.314 e. The minimum Gasteiger partial charge on any atom is -0.314 e. The van der Waals surface area contributed by atoms with Gasteiger partial charge in [0.2, 0.25) is 0 Å². The quantitative estimate of drug-likeness (QED) is 0.933. The van der Waals surface area contributed by atoms with E-state index >= 15 is 0 Å². The van der Waals surface area contributed by atoms with Crippen molar-refractivity contribution in [3.05, 3.63) is 54.1 Å². The average molecular weight is 330 g/mol. The second-order valence-electron chi connectivity index (χ2n) is 6.02. The highest BCUT2D eigenvalue weighted by Gasteiger charge is 2.11. The summed E-state index contributed by atoms with van der Waals surface area (Å²) in [6.45, 7) is 5.21. The Morgan fingerprint density at radius 3 is 2.35 bits per heavy atom. The molecule has 1 fully saturated rings. The summed E-state index contributed by atoms with van der Waals surface area (Å²) >= 11 is 0. The van der Waals surface area contributed by atoms with Crippen molar-refractivity contribution < 1.29 is 8.42 Å². The third-order valence-electron chi connectivity index (χ3n) is 4.16. The number of sulfone groups is 1. The lowest BCUT2D eigenvalue weighted by Crippen LogP contribution is -2.42. The fourth-order valence-corrected chi connectivity index (χ4v) is 3.50. The molecule has 1 heterocycles. The first kappa shape index (κ1) is 16.2. The Labute approximate surface area is 138 Å². The molecule has 0 unspecified atom stereocenters. The molecule has 1 aliphatic heterocycles. The number of benzene rings is 2. The van der Waals surface area contributed by atoms with Gasteiger partial charge in [0, 0.05) is 39.0 Å². The maximum Gasteiger partial charge on any atom is 0.175 e. The predicted octanol–water partition coefficient (Wildman–Crippen LogP) is 2.16. The van der Waals surface area contributed by atoms with Crippen molar-refractivity contribution in [2.75, 3.05) is 32.4 Å². The molecule has 0 aromatic heterocycles. The van der Waals surface area contributed by atoms with Gasteiger partial charge < -0.3 is 5.32 Å². The lowest BCUT2D eigenvalue weighted by atomic mass is 10.0. The van der Waals surface area contributed by atoms with Crippen LogP contribution in [0.4, 0.5) is 0 Å². The number of hydrogen-bond donors (Lipinski definition) is 1. The molecule has 1 saturated heterocycles. The van der Waals surface area contributed by atoms with Crippen molar-refractivity contribution in [1.29, 1.82) is 0 Å². The van der Waals surface area contributed by atoms with Gasteiger partial charge in [-0.05, 0) is 34.9 Å². The summed E-state index contributed by atoms with van der Waals surface area (Å²) in [6.07, 6.45) is 1.23. The standard InChI is InChI=1S/C18H22N2O2S/c1-23(21,22)18-7-5-16(6-8-18)17-4-2-3-15(13-17)14-20-11-9-19-10-12-20/h2-8,13,19H,9-12,14H2,1H3. The topological polar surface area (TPSA) is 49.4 Å². The van der Waals surface area contributed by atoms with Crippen LogP contribution in [0.3, 0.4) is 0 Å². The van der Waals surface area contributed by atoms with Crippen LogP contribution in [0.1, 0.15) is 5.56 Å². The fraction of sp³-hybridized carbons (Fsp3) is 0.333. The maximum atomic E-state index is 11.5. The van der Waals surface area contributed by atoms with Gasteiger partial charge >= 0.3 is 0 Å². The summed E-state index contributed by atoms with van der Waals surface area (Å²) in [5.74, 6) is 0. The zero-order chi connectivity index (χ0) is 16.3. The van der Waals surface area contributed by atoms with E-state index in [9.17, 15) is 8.42 Å². The summed E-state index contributed by atoms with van der Waals surface area (Å²) in [5, 5.41) is 3.36. The van der Waals surface area contributed by atoms with E-state index in [0.717, 1.165) is 43.9 Å². The van der Waals surface area contributed by atoms with E-state index in [0.29, 0.717) is 4.90 Å². The van der Waals surface area contributed by atoms with Crippen molar-refractivity contribution in [1.82, 2.24) is 10.2 Å². The van der Waals surface area contributed by atoms with Crippen LogP contribution in [0.2, 0.25) is 0 Å². The number of rotatable bonds is 4. The Balaban J connectivity index is 1.79. The molecule has 0 radical (unpaired) electrons. The van der Waals surface area contributed by atoms with E-state index in [-0.39, 0.29) is 0 Å². The minimum atomic E-state index is -3.14. The molecule has 0 amide bonds. The van der Waals surface area contributed by atoms with Crippen molar-refractivity contribution >= 4 is 9.84 Å². The van der Waals surface area contributed by atoms with Crippen LogP contribution in [0, 0.1) is 0 Å². The first-order valence-electron chi connectivity index (χ1n) is 7.85. The van der Waals surface area contributed by atoms with Crippen LogP contribution in [-0.2, 0) is 16.4 Å². The molecular weight excluding hydrogens is 308 g/mol. The van der Waals surface area contributed by atoms with E-state index in [4.69, 9.17) is 0 Å². The number of nitrogens with one attached hydrogen (secondary N) is 1. The number of piperazine rings is 1. The summed E-state index contributed by atoms with van der Waals surface area (Å²) in [6, 6.07) is 15.6. The van der Waals surface area contributed by atoms with E-state index in [2.05, 4.69) is 34.5 Å². The van der Waals surface area contributed by atoms with Crippen LogP contribution in [0.25, 0.3) is 11.1 Å². The molecule has 4 nitrogen and oxygen atoms in total. The predicted molar refractivity (Wildman–Crippen MR) is 93.1 cm³/mol. The zero-order valence-electron chi connectivity index (χ0n) is 13.3. The Morgan fingerprint density at radius 2 is 1.70 bits per heavy atom. The molecule has 3 rings (SSSR count). The third kappa shape index (κ3) is 4.19. The van der Waals surface area contributed by atoms with E-state index in [1.807, 2.05) is 12.1 Å². The molecule has 0 bridgehead atoms. The average Bonchev–Trinajstić information content (AvgIpc) is 2.55. The molecule has 2 aromatic carbocycles. The van der Waals surface area contributed by atoms with E-state index in [1.54, 1.807) is 12.1 Å². The molecular formula is C18H22N2O2S. The number of hydrogen-bond acceptors (Lipinski definition) is 4. The van der Waals surface area contributed by atoms with E-state index < -0.39 is 9.84 Å². The monoisotopic (exact) mass is 330 g/mol. The molecule has 0 saturated carbocycles. The van der Waals surface area contributed by atoms with Gasteiger partial charge in [-0.2, -0.15) is 0 Å². The Kier molecular flexibility index (Phi) is 4.80. The van der Waals surface area contributed by atoms with Gasteiger partial charge in [0.1, 0.15) is 0 Å². The van der Waals surface area contributed by atoms with Crippen LogP contribution < -0.4 is 5.32 Å². The Morgan fingerprint density at radius 1 is 1.00 bits per heavy atom. The zero-order valence-corrected chi connectivity index (χ0v) is 14.1. The lowest BCUT2D eigenvalue weighted by Gasteiger charge is -2.27. The highest BCUT2D eigenvalue weighted by Crippen LogP contribution is 2.23. The summed E-state index contributed by atoms with van der Waals surface area (Å²) in [4.78, 5) is 2.81. The van der Waals surface area contributed by atoms with Gasteiger partial charge in [0.15, 0.2) is 9.84 Å². The molecule has 2 aromatic rings. The fourth-order valence-electron chi connectivity index (χ4n) is 2.87. The molecule has 122 valence electrons. The molecule has 1 N–H and O–H groups in total. The number of nitrogens with zero attached hydrogens (tertiary/aromatic N) is 1. The smallest absolute Gasteiger partial charge is 0.175 e. The molecule has 0 atom stereocenters. The van der Waals surface area contributed by atoms with Crippen LogP contribution in [-0.4, -0.2) is 45.8 Å². The van der Waals surface area contributed by atoms with Gasteiger partial charge in [-0.25, -0.2) is 8.42 Å². The maximum absolute atomic E-state index is 11.5. The SMILES string of the molecule is CS(=O)(=O)c1ccc(-c2cccc(CN3CCNCC3)c2)cc1. The summed E-state index contributed by atoms with van der Waals surface area (Å²) in [7, 11) is -3.14. The molecule has 1 aliphatic rings. The second kappa shape index (κ2) is 6.83. The van der Waals surface area contributed by atoms with Gasteiger partial charge in [-0.1, -0.05) is 30.3 Å². The third-order valence-corrected chi connectivity index (χ3v) is 5.29. The van der Waals surface area contributed by atoms with Gasteiger partial charge in [0.05, 0.1) is 4.90 Å². The van der Waals surface area contributed by atoms with Crippen molar-refractivity contribution in [3.8, 4) is 11.1 Å². The Hall–Kier alpha value is -1.69. The van der Waals surface area contributed by atoms with Gasteiger partial charge in [0.25, 0.3) is 0 Å². The van der Waals surface area contributed by atoms with Crippen molar-refractivity contribution in [3.63, 3.8) is 0 Å². The highest BCUT2D eigenvalue weighted by atomic mass is 32.2. The summed E-state index contributed by atoms with van der Waals surface area (Å²) in [5.41, 5.74) is 3.45. The molecule has 23 heavy (non-hydrogen) atoms. The normalized spacial score (nSPS) is 16.4. The minimum absolute atomic E-state index is 0.359. The van der Waals surface area contributed by atoms with Crippen LogP contribution in [0.15, 0.2) is 53.4 Å². The summed E-state index contributed by atoms with van der Waals surface area (Å²) < 4.78 is 23.1. The highest BCUT2D eigenvalue weighted by molar-refractivity contribution is 7.90. The van der Waals surface area contributed by atoms with Crippen molar-refractivity contribution in [2.45, 2.75) is 11.4 Å². The second-order valence-corrected chi connectivity index (χ2v) is 8.04. The van der Waals surface area contributed by atoms with E-state index in [1.165, 1.54) is 11.8 Å². The first-order valence-corrected chi connectivity index (χ1v) is 9.74. The van der Waals surface area contributed by atoms with Gasteiger partial charge in [-0.15, -0.1) is 0 Å². The molecule has 5 heteroatoms. The van der Waals surface area contributed by atoms with Crippen LogP contribution >= 0.6 is 0 Å². The lowest BCUT2D eigenvalue weighted by molar-refractivity contribution is 0.233. The molecule has 0 aliphatic carbocycles. The Bertz CT molecular complexity index is 764. The first-order chi connectivity index (χ1) is 11.0. The molecule has 0 spiro atoms. The van der Waals surface area contributed by atoms with Crippen LogP contribution in [0.5, 0.6) is 0 Å². The van der Waals surface area contributed by atoms with Gasteiger partial charge in [-0.3, -0.25) is 4.90 Å².